The predicted molar refractivity (Wildman–Crippen MR) is 93.8 cm³/mol. The second kappa shape index (κ2) is 8.20. The lowest BCUT2D eigenvalue weighted by atomic mass is 10.4. The summed E-state index contributed by atoms with van der Waals surface area (Å²) in [6, 6.07) is 3.76. The van der Waals surface area contributed by atoms with Crippen molar-refractivity contribution in [3.8, 4) is 5.82 Å². The molecule has 0 saturated heterocycles. The quantitative estimate of drug-likeness (QED) is 0.662. The van der Waals surface area contributed by atoms with Crippen molar-refractivity contribution in [2.75, 3.05) is 24.2 Å². The summed E-state index contributed by atoms with van der Waals surface area (Å²) in [5.41, 5.74) is 1.91. The number of anilines is 1. The Balaban J connectivity index is 1.90. The van der Waals surface area contributed by atoms with Gasteiger partial charge in [0.2, 0.25) is 10.0 Å². The summed E-state index contributed by atoms with van der Waals surface area (Å²) in [4.78, 5) is 8.37. The summed E-state index contributed by atoms with van der Waals surface area (Å²) in [5, 5.41) is 7.48. The molecule has 0 aliphatic heterocycles. The Morgan fingerprint density at radius 1 is 1.17 bits per heavy atom. The molecule has 0 saturated carbocycles. The number of rotatable bonds is 9. The van der Waals surface area contributed by atoms with Crippen LogP contribution in [-0.2, 0) is 10.0 Å². The lowest BCUT2D eigenvalue weighted by Crippen LogP contribution is -2.31. The molecule has 9 heteroatoms. The van der Waals surface area contributed by atoms with Crippen LogP contribution < -0.4 is 10.0 Å². The summed E-state index contributed by atoms with van der Waals surface area (Å²) in [5.74, 6) is 1.46. The first-order valence-corrected chi connectivity index (χ1v) is 9.63. The molecule has 2 aromatic heterocycles. The maximum Gasteiger partial charge on any atom is 0.211 e. The van der Waals surface area contributed by atoms with E-state index >= 15 is 0 Å². The molecule has 0 aromatic carbocycles. The van der Waals surface area contributed by atoms with Gasteiger partial charge in [-0.3, -0.25) is 0 Å². The topological polar surface area (TPSA) is 102 Å². The van der Waals surface area contributed by atoms with Crippen molar-refractivity contribution >= 4 is 15.8 Å². The zero-order valence-corrected chi connectivity index (χ0v) is 15.1. The van der Waals surface area contributed by atoms with Crippen LogP contribution in [0.5, 0.6) is 0 Å². The molecule has 0 aliphatic rings. The number of hydrogen-bond donors (Lipinski definition) is 2. The summed E-state index contributed by atoms with van der Waals surface area (Å²) in [7, 11) is -3.19. The molecule has 0 aliphatic carbocycles. The number of aromatic nitrogens is 4. The van der Waals surface area contributed by atoms with E-state index in [1.807, 2.05) is 26.8 Å². The number of nitrogens with one attached hydrogen (secondary N) is 2. The van der Waals surface area contributed by atoms with E-state index in [0.29, 0.717) is 31.1 Å². The monoisotopic (exact) mass is 352 g/mol. The molecule has 0 spiro atoms. The van der Waals surface area contributed by atoms with Crippen molar-refractivity contribution in [3.63, 3.8) is 0 Å². The first-order valence-electron chi connectivity index (χ1n) is 7.98. The maximum atomic E-state index is 11.7. The number of hydrogen-bond acceptors (Lipinski definition) is 6. The van der Waals surface area contributed by atoms with Gasteiger partial charge in [0.15, 0.2) is 5.82 Å². The molecule has 24 heavy (non-hydrogen) atoms. The highest BCUT2D eigenvalue weighted by atomic mass is 32.2. The minimum absolute atomic E-state index is 0.166. The highest BCUT2D eigenvalue weighted by molar-refractivity contribution is 7.89. The molecule has 2 N–H and O–H groups in total. The second-order valence-electron chi connectivity index (χ2n) is 5.59. The van der Waals surface area contributed by atoms with Crippen molar-refractivity contribution in [2.45, 2.75) is 33.6 Å². The third-order valence-corrected chi connectivity index (χ3v) is 4.87. The van der Waals surface area contributed by atoms with Crippen molar-refractivity contribution in [1.29, 1.82) is 0 Å². The van der Waals surface area contributed by atoms with E-state index in [4.69, 9.17) is 0 Å². The molecule has 0 radical (unpaired) electrons. The van der Waals surface area contributed by atoms with E-state index in [-0.39, 0.29) is 5.75 Å². The number of unbranched alkanes of at least 4 members (excludes halogenated alkanes) is 1. The number of nitrogens with zero attached hydrogens (tertiary/aromatic N) is 4. The van der Waals surface area contributed by atoms with Crippen LogP contribution in [0.15, 0.2) is 18.5 Å². The zero-order valence-electron chi connectivity index (χ0n) is 14.3. The summed E-state index contributed by atoms with van der Waals surface area (Å²) in [6.07, 6.45) is 2.98. The van der Waals surface area contributed by atoms with Crippen LogP contribution in [-0.4, -0.2) is 47.0 Å². The summed E-state index contributed by atoms with van der Waals surface area (Å²) >= 11 is 0. The number of aryl methyl sites for hydroxylation is 2. The SMILES string of the molecule is CCCCS(=O)(=O)NCCNc1cc(-n2nc(C)cc2C)ncn1. The van der Waals surface area contributed by atoms with Crippen molar-refractivity contribution < 1.29 is 8.42 Å². The molecule has 0 fully saturated rings. The maximum absolute atomic E-state index is 11.7. The van der Waals surface area contributed by atoms with Gasteiger partial charge in [-0.05, 0) is 26.3 Å². The first kappa shape index (κ1) is 18.3. The van der Waals surface area contributed by atoms with Gasteiger partial charge >= 0.3 is 0 Å². The van der Waals surface area contributed by atoms with Crippen LogP contribution in [0.25, 0.3) is 5.82 Å². The van der Waals surface area contributed by atoms with Gasteiger partial charge < -0.3 is 5.32 Å². The van der Waals surface area contributed by atoms with Crippen LogP contribution >= 0.6 is 0 Å². The fraction of sp³-hybridized carbons (Fsp3) is 0.533. The Kier molecular flexibility index (Phi) is 6.27. The molecule has 132 valence electrons. The lowest BCUT2D eigenvalue weighted by Gasteiger charge is -2.09. The summed E-state index contributed by atoms with van der Waals surface area (Å²) in [6.45, 7) is 6.60. The van der Waals surface area contributed by atoms with Crippen LogP contribution in [0, 0.1) is 13.8 Å². The molecule has 8 nitrogen and oxygen atoms in total. The largest absolute Gasteiger partial charge is 0.369 e. The Bertz CT molecular complexity index is 772. The van der Waals surface area contributed by atoms with E-state index < -0.39 is 10.0 Å². The Morgan fingerprint density at radius 3 is 2.62 bits per heavy atom. The molecule has 2 aromatic rings. The fourth-order valence-corrected chi connectivity index (χ4v) is 3.45. The Hall–Kier alpha value is -2.00. The normalized spacial score (nSPS) is 11.6. The average Bonchev–Trinajstić information content (AvgIpc) is 2.89. The second-order valence-corrected chi connectivity index (χ2v) is 7.52. The van der Waals surface area contributed by atoms with Gasteiger partial charge in [-0.2, -0.15) is 5.10 Å². The average molecular weight is 352 g/mol. The zero-order chi connectivity index (χ0) is 17.6. The Labute approximate surface area is 142 Å². The Morgan fingerprint density at radius 2 is 1.96 bits per heavy atom. The van der Waals surface area contributed by atoms with E-state index in [2.05, 4.69) is 25.1 Å². The molecule has 0 bridgehead atoms. The van der Waals surface area contributed by atoms with Crippen LogP contribution in [0.4, 0.5) is 5.82 Å². The molecular weight excluding hydrogens is 328 g/mol. The van der Waals surface area contributed by atoms with Crippen molar-refractivity contribution in [1.82, 2.24) is 24.5 Å². The standard InChI is InChI=1S/C15H24N6O2S/c1-4-5-8-24(22,23)19-7-6-16-14-10-15(18-11-17-14)21-13(3)9-12(2)20-21/h9-11,19H,4-8H2,1-3H3,(H,16,17,18). The first-order chi connectivity index (χ1) is 11.4. The van der Waals surface area contributed by atoms with Gasteiger partial charge in [0, 0.05) is 24.8 Å². The predicted octanol–water partition coefficient (Wildman–Crippen LogP) is 1.41. The third-order valence-electron chi connectivity index (χ3n) is 3.40. The van der Waals surface area contributed by atoms with E-state index in [1.165, 1.54) is 6.33 Å². The van der Waals surface area contributed by atoms with Crippen molar-refractivity contribution in [2.24, 2.45) is 0 Å². The van der Waals surface area contributed by atoms with E-state index in [9.17, 15) is 8.42 Å². The molecule has 2 rings (SSSR count). The molecule has 0 amide bonds. The highest BCUT2D eigenvalue weighted by Crippen LogP contribution is 2.11. The van der Waals surface area contributed by atoms with Crippen LogP contribution in [0.2, 0.25) is 0 Å². The molecular formula is C15H24N6O2S. The van der Waals surface area contributed by atoms with Gasteiger partial charge in [0.05, 0.1) is 11.4 Å². The van der Waals surface area contributed by atoms with Crippen LogP contribution in [0.3, 0.4) is 0 Å². The van der Waals surface area contributed by atoms with Gasteiger partial charge in [0.25, 0.3) is 0 Å². The lowest BCUT2D eigenvalue weighted by molar-refractivity contribution is 0.579. The van der Waals surface area contributed by atoms with Gasteiger partial charge in [-0.25, -0.2) is 27.8 Å². The van der Waals surface area contributed by atoms with Crippen molar-refractivity contribution in [3.05, 3.63) is 29.8 Å². The van der Waals surface area contributed by atoms with Gasteiger partial charge in [0.1, 0.15) is 12.1 Å². The third kappa shape index (κ3) is 5.27. The molecule has 0 unspecified atom stereocenters. The highest BCUT2D eigenvalue weighted by Gasteiger charge is 2.09. The molecule has 2 heterocycles. The van der Waals surface area contributed by atoms with Gasteiger partial charge in [-0.1, -0.05) is 13.3 Å². The minimum atomic E-state index is -3.19. The fourth-order valence-electron chi connectivity index (χ4n) is 2.22. The van der Waals surface area contributed by atoms with Crippen LogP contribution in [0.1, 0.15) is 31.2 Å². The minimum Gasteiger partial charge on any atom is -0.369 e. The summed E-state index contributed by atoms with van der Waals surface area (Å²) < 4.78 is 27.7. The van der Waals surface area contributed by atoms with E-state index in [1.54, 1.807) is 10.7 Å². The van der Waals surface area contributed by atoms with Gasteiger partial charge in [-0.15, -0.1) is 0 Å². The smallest absolute Gasteiger partial charge is 0.211 e. The molecule has 0 atom stereocenters. The number of sulfonamides is 1. The van der Waals surface area contributed by atoms with E-state index in [0.717, 1.165) is 17.8 Å².